The Bertz CT molecular complexity index is 237. The van der Waals surface area contributed by atoms with Gasteiger partial charge in [0, 0.05) is 19.6 Å². The molecule has 0 aliphatic carbocycles. The van der Waals surface area contributed by atoms with Gasteiger partial charge in [0.05, 0.1) is 12.0 Å². The lowest BCUT2D eigenvalue weighted by Gasteiger charge is -2.21. The highest BCUT2D eigenvalue weighted by molar-refractivity contribution is 5.85. The van der Waals surface area contributed by atoms with E-state index in [1.807, 2.05) is 0 Å². The van der Waals surface area contributed by atoms with Crippen molar-refractivity contribution in [3.8, 4) is 0 Å². The first-order chi connectivity index (χ1) is 6.68. The number of aliphatic hydroxyl groups is 1. The quantitative estimate of drug-likeness (QED) is 0.664. The van der Waals surface area contributed by atoms with Crippen molar-refractivity contribution in [3.63, 3.8) is 0 Å². The Morgan fingerprint density at radius 2 is 2.20 bits per heavy atom. The predicted octanol–water partition coefficient (Wildman–Crippen LogP) is -0.143. The van der Waals surface area contributed by atoms with E-state index in [4.69, 9.17) is 0 Å². The molecule has 0 aromatic rings. The fourth-order valence-electron chi connectivity index (χ4n) is 2.32. The number of likely N-dealkylation sites (tertiary alicyclic amines) is 1. The van der Waals surface area contributed by atoms with Gasteiger partial charge in [-0.1, -0.05) is 6.92 Å². The third-order valence-corrected chi connectivity index (χ3v) is 3.31. The summed E-state index contributed by atoms with van der Waals surface area (Å²) >= 11 is 0. The van der Waals surface area contributed by atoms with Gasteiger partial charge in [-0.25, -0.2) is 0 Å². The molecule has 0 spiro atoms. The van der Waals surface area contributed by atoms with E-state index in [-0.39, 0.29) is 30.3 Å². The fourth-order valence-corrected chi connectivity index (χ4v) is 2.32. The molecule has 1 amide bonds. The molecule has 5 heteroatoms. The van der Waals surface area contributed by atoms with Gasteiger partial charge in [-0.05, 0) is 18.9 Å². The van der Waals surface area contributed by atoms with Gasteiger partial charge in [-0.15, -0.1) is 12.4 Å². The molecule has 2 heterocycles. The molecule has 0 aromatic heterocycles. The van der Waals surface area contributed by atoms with Crippen LogP contribution >= 0.6 is 12.4 Å². The van der Waals surface area contributed by atoms with Crippen molar-refractivity contribution in [1.82, 2.24) is 10.2 Å². The number of β-amino-alcohol motifs (C(OH)–C–C–N with tert-alkyl or cyclic N) is 1. The van der Waals surface area contributed by atoms with E-state index in [0.717, 1.165) is 26.1 Å². The Kier molecular flexibility index (Phi) is 4.37. The van der Waals surface area contributed by atoms with Gasteiger partial charge in [0.15, 0.2) is 0 Å². The summed E-state index contributed by atoms with van der Waals surface area (Å²) in [4.78, 5) is 13.8. The number of aliphatic hydroxyl groups excluding tert-OH is 1. The topological polar surface area (TPSA) is 52.6 Å². The summed E-state index contributed by atoms with van der Waals surface area (Å²) in [6.07, 6.45) is 0.434. The lowest BCUT2D eigenvalue weighted by Crippen LogP contribution is -2.37. The van der Waals surface area contributed by atoms with Crippen LogP contribution in [0.5, 0.6) is 0 Å². The first kappa shape index (κ1) is 12.7. The van der Waals surface area contributed by atoms with Crippen LogP contribution in [0, 0.1) is 11.8 Å². The molecule has 0 saturated carbocycles. The molecule has 15 heavy (non-hydrogen) atoms. The van der Waals surface area contributed by atoms with Crippen molar-refractivity contribution in [2.45, 2.75) is 19.4 Å². The molecule has 4 nitrogen and oxygen atoms in total. The van der Waals surface area contributed by atoms with Crippen molar-refractivity contribution in [2.24, 2.45) is 11.8 Å². The number of hydrogen-bond acceptors (Lipinski definition) is 3. The van der Waals surface area contributed by atoms with Crippen LogP contribution in [0.3, 0.4) is 0 Å². The monoisotopic (exact) mass is 234 g/mol. The highest BCUT2D eigenvalue weighted by atomic mass is 35.5. The first-order valence-electron chi connectivity index (χ1n) is 5.36. The Labute approximate surface area is 96.4 Å². The minimum absolute atomic E-state index is 0. The average molecular weight is 235 g/mol. The number of nitrogens with zero attached hydrogens (tertiary/aromatic N) is 1. The zero-order chi connectivity index (χ0) is 10.1. The van der Waals surface area contributed by atoms with Crippen LogP contribution in [-0.4, -0.2) is 48.2 Å². The van der Waals surface area contributed by atoms with E-state index in [9.17, 15) is 9.90 Å². The van der Waals surface area contributed by atoms with E-state index in [1.165, 1.54) is 0 Å². The van der Waals surface area contributed by atoms with Crippen LogP contribution in [0.4, 0.5) is 0 Å². The van der Waals surface area contributed by atoms with Crippen molar-refractivity contribution >= 4 is 18.3 Å². The van der Waals surface area contributed by atoms with Crippen LogP contribution in [-0.2, 0) is 4.79 Å². The van der Waals surface area contributed by atoms with Gasteiger partial charge in [-0.3, -0.25) is 4.79 Å². The number of halogens is 1. The molecule has 2 aliphatic heterocycles. The van der Waals surface area contributed by atoms with Crippen LogP contribution in [0.2, 0.25) is 0 Å². The summed E-state index contributed by atoms with van der Waals surface area (Å²) in [5.74, 6) is 0.777. The van der Waals surface area contributed by atoms with Crippen LogP contribution < -0.4 is 5.32 Å². The maximum Gasteiger partial charge on any atom is 0.227 e. The summed E-state index contributed by atoms with van der Waals surface area (Å²) in [6, 6.07) is 0. The maximum absolute atomic E-state index is 12.0. The van der Waals surface area contributed by atoms with Crippen LogP contribution in [0.1, 0.15) is 13.3 Å². The summed E-state index contributed by atoms with van der Waals surface area (Å²) < 4.78 is 0. The second-order valence-corrected chi connectivity index (χ2v) is 4.47. The van der Waals surface area contributed by atoms with Gasteiger partial charge in [0.2, 0.25) is 5.91 Å². The molecular weight excluding hydrogens is 216 g/mol. The van der Waals surface area contributed by atoms with Crippen molar-refractivity contribution < 1.29 is 9.90 Å². The Morgan fingerprint density at radius 3 is 2.67 bits per heavy atom. The minimum atomic E-state index is -0.302. The molecule has 0 radical (unpaired) electrons. The van der Waals surface area contributed by atoms with E-state index < -0.39 is 0 Å². The SMILES string of the molecule is C[C@@H]1CNC[C@H]1C(=O)N1CC[C@H](O)C1.Cl. The Morgan fingerprint density at radius 1 is 1.47 bits per heavy atom. The van der Waals surface area contributed by atoms with E-state index >= 15 is 0 Å². The molecule has 0 bridgehead atoms. The molecule has 2 saturated heterocycles. The molecule has 2 aliphatic rings. The summed E-state index contributed by atoms with van der Waals surface area (Å²) in [5.41, 5.74) is 0. The summed E-state index contributed by atoms with van der Waals surface area (Å²) in [6.45, 7) is 5.10. The van der Waals surface area contributed by atoms with E-state index in [0.29, 0.717) is 12.5 Å². The molecule has 0 aromatic carbocycles. The molecule has 88 valence electrons. The van der Waals surface area contributed by atoms with Crippen molar-refractivity contribution in [2.75, 3.05) is 26.2 Å². The Hall–Kier alpha value is -0.320. The molecule has 3 atom stereocenters. The largest absolute Gasteiger partial charge is 0.391 e. The van der Waals surface area contributed by atoms with Crippen LogP contribution in [0.15, 0.2) is 0 Å². The zero-order valence-corrected chi connectivity index (χ0v) is 9.80. The standard InChI is InChI=1S/C10H18N2O2.ClH/c1-7-4-11-5-9(7)10(14)12-3-2-8(13)6-12;/h7-9,11,13H,2-6H2,1H3;1H/t7-,8+,9-;/m1./s1. The van der Waals surface area contributed by atoms with Crippen molar-refractivity contribution in [3.05, 3.63) is 0 Å². The lowest BCUT2D eigenvalue weighted by molar-refractivity contribution is -0.135. The first-order valence-corrected chi connectivity index (χ1v) is 5.36. The highest BCUT2D eigenvalue weighted by Crippen LogP contribution is 2.21. The summed E-state index contributed by atoms with van der Waals surface area (Å²) in [5, 5.41) is 12.6. The molecule has 2 fully saturated rings. The minimum Gasteiger partial charge on any atom is -0.391 e. The molecule has 2 rings (SSSR count). The zero-order valence-electron chi connectivity index (χ0n) is 8.98. The number of hydrogen-bond donors (Lipinski definition) is 2. The van der Waals surface area contributed by atoms with Gasteiger partial charge < -0.3 is 15.3 Å². The third kappa shape index (κ3) is 2.62. The van der Waals surface area contributed by atoms with Crippen molar-refractivity contribution in [1.29, 1.82) is 0 Å². The maximum atomic E-state index is 12.0. The van der Waals surface area contributed by atoms with Gasteiger partial charge in [0.1, 0.15) is 0 Å². The third-order valence-electron chi connectivity index (χ3n) is 3.31. The molecule has 2 N–H and O–H groups in total. The molecule has 0 unspecified atom stereocenters. The fraction of sp³-hybridized carbons (Fsp3) is 0.900. The second-order valence-electron chi connectivity index (χ2n) is 4.47. The van der Waals surface area contributed by atoms with E-state index in [2.05, 4.69) is 12.2 Å². The number of carbonyl (C=O) groups excluding carboxylic acids is 1. The number of nitrogens with one attached hydrogen (secondary N) is 1. The smallest absolute Gasteiger partial charge is 0.227 e. The Balaban J connectivity index is 0.00000112. The van der Waals surface area contributed by atoms with Gasteiger partial charge >= 0.3 is 0 Å². The normalized spacial score (nSPS) is 35.3. The highest BCUT2D eigenvalue weighted by Gasteiger charge is 2.35. The van der Waals surface area contributed by atoms with Crippen LogP contribution in [0.25, 0.3) is 0 Å². The average Bonchev–Trinajstić information content (AvgIpc) is 2.73. The number of rotatable bonds is 1. The van der Waals surface area contributed by atoms with E-state index in [1.54, 1.807) is 4.90 Å². The molecular formula is C10H19ClN2O2. The number of amides is 1. The lowest BCUT2D eigenvalue weighted by atomic mass is 9.97. The van der Waals surface area contributed by atoms with Gasteiger partial charge in [0.25, 0.3) is 0 Å². The summed E-state index contributed by atoms with van der Waals surface area (Å²) in [7, 11) is 0. The second kappa shape index (κ2) is 5.14. The predicted molar refractivity (Wildman–Crippen MR) is 60.0 cm³/mol. The van der Waals surface area contributed by atoms with Gasteiger partial charge in [-0.2, -0.15) is 0 Å². The number of carbonyl (C=O) groups is 1.